The molecule has 2 N–H and O–H groups in total. The van der Waals surface area contributed by atoms with Crippen LogP contribution in [0.15, 0.2) is 48.5 Å². The predicted molar refractivity (Wildman–Crippen MR) is 97.3 cm³/mol. The minimum Gasteiger partial charge on any atom is -0.434 e. The van der Waals surface area contributed by atoms with Gasteiger partial charge >= 0.3 is 12.2 Å². The molecule has 0 aromatic heterocycles. The van der Waals surface area contributed by atoms with E-state index in [9.17, 15) is 9.59 Å². The Hall–Kier alpha value is -3.02. The smallest absolute Gasteiger partial charge is 0.434 e. The van der Waals surface area contributed by atoms with E-state index in [4.69, 9.17) is 4.74 Å². The summed E-state index contributed by atoms with van der Waals surface area (Å²) in [5, 5.41) is 5.48. The van der Waals surface area contributed by atoms with Gasteiger partial charge in [-0.05, 0) is 54.8 Å². The molecule has 0 saturated carbocycles. The number of carbonyl (C=O) groups is 2. The van der Waals surface area contributed by atoms with Crippen LogP contribution in [0.25, 0.3) is 0 Å². The molecule has 2 amide bonds. The van der Waals surface area contributed by atoms with E-state index >= 15 is 0 Å². The van der Waals surface area contributed by atoms with Gasteiger partial charge in [-0.2, -0.15) is 0 Å². The minimum atomic E-state index is -0.759. The van der Waals surface area contributed by atoms with Crippen LogP contribution in [0.5, 0.6) is 5.75 Å². The van der Waals surface area contributed by atoms with Gasteiger partial charge in [-0.15, -0.1) is 0 Å². The van der Waals surface area contributed by atoms with Gasteiger partial charge in [-0.25, -0.2) is 9.59 Å². The van der Waals surface area contributed by atoms with Crippen LogP contribution in [-0.4, -0.2) is 18.8 Å². The monoisotopic (exact) mass is 342 g/mol. The van der Waals surface area contributed by atoms with Crippen molar-refractivity contribution in [2.24, 2.45) is 0 Å². The SMILES string of the molecule is CCOC(=O)Oc1ccc(NC(=O)Nc2ccc(C(C)C)cc2)cc1. The molecule has 2 aromatic rings. The molecule has 2 aromatic carbocycles. The molecular formula is C19H22N2O4. The number of hydrogen-bond donors (Lipinski definition) is 2. The molecule has 6 heteroatoms. The number of anilines is 2. The van der Waals surface area contributed by atoms with E-state index < -0.39 is 6.16 Å². The standard InChI is InChI=1S/C19H22N2O4/c1-4-24-19(23)25-17-11-9-16(10-12-17)21-18(22)20-15-7-5-14(6-8-15)13(2)3/h5-13H,4H2,1-3H3,(H2,20,21,22). The molecule has 0 heterocycles. The van der Waals surface area contributed by atoms with Crippen molar-refractivity contribution in [2.75, 3.05) is 17.2 Å². The maximum absolute atomic E-state index is 12.0. The van der Waals surface area contributed by atoms with Crippen LogP contribution in [0, 0.1) is 0 Å². The fraction of sp³-hybridized carbons (Fsp3) is 0.263. The Morgan fingerprint density at radius 2 is 1.44 bits per heavy atom. The average Bonchev–Trinajstić information content (AvgIpc) is 2.57. The Balaban J connectivity index is 1.88. The Bertz CT molecular complexity index is 709. The minimum absolute atomic E-state index is 0.247. The molecule has 0 unspecified atom stereocenters. The highest BCUT2D eigenvalue weighted by molar-refractivity contribution is 5.99. The van der Waals surface area contributed by atoms with Crippen LogP contribution < -0.4 is 15.4 Å². The highest BCUT2D eigenvalue weighted by atomic mass is 16.7. The molecule has 0 spiro atoms. The lowest BCUT2D eigenvalue weighted by Gasteiger charge is -2.10. The molecule has 0 bridgehead atoms. The van der Waals surface area contributed by atoms with Gasteiger partial charge in [0.25, 0.3) is 0 Å². The van der Waals surface area contributed by atoms with Crippen LogP contribution in [-0.2, 0) is 4.74 Å². The molecule has 0 radical (unpaired) electrons. The van der Waals surface area contributed by atoms with Crippen molar-refractivity contribution in [3.8, 4) is 5.75 Å². The lowest BCUT2D eigenvalue weighted by atomic mass is 10.0. The van der Waals surface area contributed by atoms with Gasteiger partial charge in [-0.1, -0.05) is 26.0 Å². The van der Waals surface area contributed by atoms with Crippen LogP contribution >= 0.6 is 0 Å². The van der Waals surface area contributed by atoms with Crippen LogP contribution in [0.3, 0.4) is 0 Å². The second-order valence-electron chi connectivity index (χ2n) is 5.67. The quantitative estimate of drug-likeness (QED) is 0.593. The van der Waals surface area contributed by atoms with Crippen molar-refractivity contribution < 1.29 is 19.1 Å². The Morgan fingerprint density at radius 3 is 1.92 bits per heavy atom. The van der Waals surface area contributed by atoms with E-state index in [0.717, 1.165) is 0 Å². The Morgan fingerprint density at radius 1 is 0.920 bits per heavy atom. The molecular weight excluding hydrogens is 320 g/mol. The van der Waals surface area contributed by atoms with Crippen LogP contribution in [0.1, 0.15) is 32.3 Å². The first-order chi connectivity index (χ1) is 12.0. The second kappa shape index (κ2) is 8.73. The van der Waals surface area contributed by atoms with E-state index in [1.807, 2.05) is 24.3 Å². The van der Waals surface area contributed by atoms with Gasteiger partial charge in [-0.3, -0.25) is 0 Å². The van der Waals surface area contributed by atoms with E-state index in [1.165, 1.54) is 5.56 Å². The molecule has 25 heavy (non-hydrogen) atoms. The predicted octanol–water partition coefficient (Wildman–Crippen LogP) is 4.99. The van der Waals surface area contributed by atoms with Crippen molar-refractivity contribution in [2.45, 2.75) is 26.7 Å². The molecule has 0 aliphatic rings. The van der Waals surface area contributed by atoms with E-state index in [1.54, 1.807) is 31.2 Å². The summed E-state index contributed by atoms with van der Waals surface area (Å²) in [6.07, 6.45) is -0.759. The molecule has 0 aliphatic carbocycles. The maximum Gasteiger partial charge on any atom is 0.513 e. The third kappa shape index (κ3) is 5.84. The number of benzene rings is 2. The highest BCUT2D eigenvalue weighted by Gasteiger charge is 2.07. The van der Waals surface area contributed by atoms with E-state index in [0.29, 0.717) is 23.0 Å². The van der Waals surface area contributed by atoms with Gasteiger partial charge in [0.05, 0.1) is 6.61 Å². The molecule has 6 nitrogen and oxygen atoms in total. The summed E-state index contributed by atoms with van der Waals surface area (Å²) in [5.41, 5.74) is 2.50. The lowest BCUT2D eigenvalue weighted by Crippen LogP contribution is -2.19. The zero-order valence-electron chi connectivity index (χ0n) is 14.5. The molecule has 132 valence electrons. The second-order valence-corrected chi connectivity index (χ2v) is 5.67. The lowest BCUT2D eigenvalue weighted by molar-refractivity contribution is 0.104. The van der Waals surface area contributed by atoms with Gasteiger partial charge in [0, 0.05) is 11.4 Å². The van der Waals surface area contributed by atoms with Crippen molar-refractivity contribution in [1.82, 2.24) is 0 Å². The molecule has 2 rings (SSSR count). The normalized spacial score (nSPS) is 10.2. The summed E-state index contributed by atoms with van der Waals surface area (Å²) in [5.74, 6) is 0.784. The molecule has 0 aliphatic heterocycles. The fourth-order valence-electron chi connectivity index (χ4n) is 2.09. The van der Waals surface area contributed by atoms with Gasteiger partial charge in [0.2, 0.25) is 0 Å². The summed E-state index contributed by atoms with van der Waals surface area (Å²) >= 11 is 0. The van der Waals surface area contributed by atoms with Crippen molar-refractivity contribution in [3.05, 3.63) is 54.1 Å². The Labute approximate surface area is 147 Å². The number of ether oxygens (including phenoxy) is 2. The van der Waals surface area contributed by atoms with E-state index in [2.05, 4.69) is 29.2 Å². The molecule has 0 fully saturated rings. The van der Waals surface area contributed by atoms with Crippen molar-refractivity contribution in [1.29, 1.82) is 0 Å². The number of urea groups is 1. The number of amides is 2. The first-order valence-corrected chi connectivity index (χ1v) is 8.10. The summed E-state index contributed by atoms with van der Waals surface area (Å²) in [7, 11) is 0. The summed E-state index contributed by atoms with van der Waals surface area (Å²) in [6, 6.07) is 13.8. The number of hydrogen-bond acceptors (Lipinski definition) is 4. The largest absolute Gasteiger partial charge is 0.513 e. The van der Waals surface area contributed by atoms with Gasteiger partial charge in [0.1, 0.15) is 5.75 Å². The van der Waals surface area contributed by atoms with Gasteiger partial charge in [0.15, 0.2) is 0 Å². The molecule has 0 atom stereocenters. The number of rotatable bonds is 5. The highest BCUT2D eigenvalue weighted by Crippen LogP contribution is 2.18. The summed E-state index contributed by atoms with van der Waals surface area (Å²) in [6.45, 7) is 6.18. The number of nitrogens with one attached hydrogen (secondary N) is 2. The van der Waals surface area contributed by atoms with Crippen molar-refractivity contribution in [3.63, 3.8) is 0 Å². The van der Waals surface area contributed by atoms with Crippen LogP contribution in [0.2, 0.25) is 0 Å². The average molecular weight is 342 g/mol. The third-order valence-corrected chi connectivity index (χ3v) is 3.41. The maximum atomic E-state index is 12.0. The Kier molecular flexibility index (Phi) is 6.39. The zero-order chi connectivity index (χ0) is 18.2. The first kappa shape index (κ1) is 18.3. The van der Waals surface area contributed by atoms with Gasteiger partial charge < -0.3 is 20.1 Å². The third-order valence-electron chi connectivity index (χ3n) is 3.41. The summed E-state index contributed by atoms with van der Waals surface area (Å²) < 4.78 is 9.64. The molecule has 0 saturated heterocycles. The van der Waals surface area contributed by atoms with E-state index in [-0.39, 0.29) is 12.6 Å². The fourth-order valence-corrected chi connectivity index (χ4v) is 2.09. The zero-order valence-corrected chi connectivity index (χ0v) is 14.5. The summed E-state index contributed by atoms with van der Waals surface area (Å²) in [4.78, 5) is 23.2. The first-order valence-electron chi connectivity index (χ1n) is 8.10. The number of carbonyl (C=O) groups excluding carboxylic acids is 2. The topological polar surface area (TPSA) is 76.7 Å². The van der Waals surface area contributed by atoms with Crippen LogP contribution in [0.4, 0.5) is 21.0 Å². The van der Waals surface area contributed by atoms with Crippen molar-refractivity contribution >= 4 is 23.6 Å².